The van der Waals surface area contributed by atoms with Crippen LogP contribution < -0.4 is 0 Å². The van der Waals surface area contributed by atoms with Crippen LogP contribution in [0.25, 0.3) is 0 Å². The second-order valence-electron chi connectivity index (χ2n) is 3.56. The molecule has 0 spiro atoms. The Morgan fingerprint density at radius 3 is 2.56 bits per heavy atom. The van der Waals surface area contributed by atoms with Gasteiger partial charge in [0, 0.05) is 5.56 Å². The molecule has 1 heterocycles. The molecule has 0 atom stereocenters. The topological polar surface area (TPSA) is 82.3 Å². The molecule has 0 fully saturated rings. The molecule has 0 aliphatic heterocycles. The van der Waals surface area contributed by atoms with Crippen molar-refractivity contribution in [2.45, 2.75) is 6.92 Å². The van der Waals surface area contributed by atoms with Gasteiger partial charge in [0.1, 0.15) is 5.69 Å². The Labute approximate surface area is 103 Å². The van der Waals surface area contributed by atoms with Crippen LogP contribution in [0.2, 0.25) is 0 Å². The van der Waals surface area contributed by atoms with Crippen LogP contribution in [0.15, 0.2) is 35.0 Å². The number of hydrogen-bond acceptors (Lipinski definition) is 6. The Bertz CT molecular complexity index is 562. The number of nitrogens with zero attached hydrogens (tertiary/aromatic N) is 2. The predicted molar refractivity (Wildman–Crippen MR) is 60.1 cm³/mol. The van der Waals surface area contributed by atoms with Crippen LogP contribution in [-0.4, -0.2) is 28.7 Å². The van der Waals surface area contributed by atoms with Crippen LogP contribution in [0.3, 0.4) is 0 Å². The van der Waals surface area contributed by atoms with Crippen molar-refractivity contribution in [1.29, 1.82) is 0 Å². The van der Waals surface area contributed by atoms with Gasteiger partial charge in [0.2, 0.25) is 5.69 Å². The van der Waals surface area contributed by atoms with E-state index >= 15 is 0 Å². The number of ether oxygens (including phenoxy) is 1. The van der Waals surface area contributed by atoms with Crippen molar-refractivity contribution in [2.75, 3.05) is 6.61 Å². The number of carbonyl (C=O) groups excluding carboxylic acids is 2. The molecule has 0 unspecified atom stereocenters. The summed E-state index contributed by atoms with van der Waals surface area (Å²) in [5, 5.41) is 6.85. The van der Waals surface area contributed by atoms with Crippen LogP contribution in [0.1, 0.15) is 26.5 Å². The molecule has 18 heavy (non-hydrogen) atoms. The molecule has 0 aliphatic rings. The summed E-state index contributed by atoms with van der Waals surface area (Å²) in [6.07, 6.45) is 0. The molecule has 6 nitrogen and oxygen atoms in total. The average Bonchev–Trinajstić information content (AvgIpc) is 2.83. The summed E-state index contributed by atoms with van der Waals surface area (Å²) in [5.74, 6) is -1.00. The molecular formula is C12H10N2O4. The minimum Gasteiger partial charge on any atom is -0.452 e. The zero-order valence-corrected chi connectivity index (χ0v) is 9.62. The first kappa shape index (κ1) is 12.0. The van der Waals surface area contributed by atoms with Gasteiger partial charge in [-0.15, -0.1) is 0 Å². The number of Topliss-reactive ketones (excluding diaryl/α,β-unsaturated/α-hetero) is 1. The van der Waals surface area contributed by atoms with E-state index in [1.54, 1.807) is 37.3 Å². The summed E-state index contributed by atoms with van der Waals surface area (Å²) in [5.41, 5.74) is 0.795. The fourth-order valence-electron chi connectivity index (χ4n) is 1.32. The Hall–Kier alpha value is -2.50. The third-order valence-electron chi connectivity index (χ3n) is 2.28. The highest BCUT2D eigenvalue weighted by molar-refractivity contribution is 5.99. The lowest BCUT2D eigenvalue weighted by Gasteiger charge is -2.02. The minimum absolute atomic E-state index is 0.0177. The smallest absolute Gasteiger partial charge is 0.363 e. The first-order chi connectivity index (χ1) is 8.68. The first-order valence-electron chi connectivity index (χ1n) is 5.23. The van der Waals surface area contributed by atoms with Crippen molar-refractivity contribution in [3.63, 3.8) is 0 Å². The third-order valence-corrected chi connectivity index (χ3v) is 2.28. The van der Waals surface area contributed by atoms with Crippen LogP contribution >= 0.6 is 0 Å². The Morgan fingerprint density at radius 2 is 1.94 bits per heavy atom. The van der Waals surface area contributed by atoms with Crippen molar-refractivity contribution >= 4 is 11.8 Å². The predicted octanol–water partition coefficient (Wildman–Crippen LogP) is 1.42. The van der Waals surface area contributed by atoms with E-state index in [-0.39, 0.29) is 18.1 Å². The fourth-order valence-corrected chi connectivity index (χ4v) is 1.32. The molecule has 0 aliphatic carbocycles. The average molecular weight is 246 g/mol. The molecule has 0 saturated heterocycles. The highest BCUT2D eigenvalue weighted by Crippen LogP contribution is 2.05. The summed E-state index contributed by atoms with van der Waals surface area (Å²) in [4.78, 5) is 23.2. The van der Waals surface area contributed by atoms with Crippen molar-refractivity contribution < 1.29 is 19.0 Å². The van der Waals surface area contributed by atoms with Gasteiger partial charge in [0.05, 0.1) is 0 Å². The maximum Gasteiger partial charge on any atom is 0.363 e. The number of aryl methyl sites for hydroxylation is 1. The maximum atomic E-state index is 11.7. The number of benzene rings is 1. The van der Waals surface area contributed by atoms with Crippen LogP contribution in [0.4, 0.5) is 0 Å². The molecule has 1 aromatic heterocycles. The molecule has 0 amide bonds. The van der Waals surface area contributed by atoms with E-state index in [4.69, 9.17) is 4.74 Å². The largest absolute Gasteiger partial charge is 0.452 e. The molecule has 2 aromatic rings. The number of aromatic nitrogens is 2. The number of esters is 1. The first-order valence-corrected chi connectivity index (χ1v) is 5.23. The number of hydrogen-bond donors (Lipinski definition) is 0. The highest BCUT2D eigenvalue weighted by Gasteiger charge is 2.18. The van der Waals surface area contributed by atoms with E-state index in [9.17, 15) is 9.59 Å². The van der Waals surface area contributed by atoms with E-state index in [2.05, 4.69) is 14.9 Å². The van der Waals surface area contributed by atoms with Crippen molar-refractivity contribution in [3.8, 4) is 0 Å². The lowest BCUT2D eigenvalue weighted by molar-refractivity contribution is 0.0463. The molecule has 2 rings (SSSR count). The van der Waals surface area contributed by atoms with Gasteiger partial charge >= 0.3 is 5.97 Å². The lowest BCUT2D eigenvalue weighted by Crippen LogP contribution is -2.15. The van der Waals surface area contributed by atoms with Crippen LogP contribution in [-0.2, 0) is 4.74 Å². The summed E-state index contributed by atoms with van der Waals surface area (Å²) >= 11 is 0. The van der Waals surface area contributed by atoms with Gasteiger partial charge in [0.25, 0.3) is 0 Å². The molecule has 0 saturated carbocycles. The number of ketones is 1. The van der Waals surface area contributed by atoms with E-state index < -0.39 is 5.97 Å². The van der Waals surface area contributed by atoms with Gasteiger partial charge in [-0.3, -0.25) is 4.79 Å². The molecule has 0 bridgehead atoms. The Morgan fingerprint density at radius 1 is 1.22 bits per heavy atom. The summed E-state index contributed by atoms with van der Waals surface area (Å²) < 4.78 is 9.20. The zero-order valence-electron chi connectivity index (χ0n) is 9.62. The normalized spacial score (nSPS) is 10.1. The third kappa shape index (κ3) is 2.60. The monoisotopic (exact) mass is 246 g/mol. The van der Waals surface area contributed by atoms with Gasteiger partial charge < -0.3 is 4.74 Å². The van der Waals surface area contributed by atoms with Crippen LogP contribution in [0, 0.1) is 6.92 Å². The second kappa shape index (κ2) is 5.22. The van der Waals surface area contributed by atoms with Crippen molar-refractivity contribution in [1.82, 2.24) is 10.3 Å². The van der Waals surface area contributed by atoms with Gasteiger partial charge in [-0.25, -0.2) is 9.42 Å². The van der Waals surface area contributed by atoms with E-state index in [1.165, 1.54) is 0 Å². The molecule has 1 aromatic carbocycles. The maximum absolute atomic E-state index is 11.7. The van der Waals surface area contributed by atoms with E-state index in [1.807, 2.05) is 0 Å². The molecule has 6 heteroatoms. The molecule has 0 radical (unpaired) electrons. The lowest BCUT2D eigenvalue weighted by atomic mass is 10.1. The summed E-state index contributed by atoms with van der Waals surface area (Å²) in [7, 11) is 0. The standard InChI is InChI=1S/C12H10N2O4/c1-8-11(14-18-13-8)12(16)17-7-10(15)9-5-3-2-4-6-9/h2-6H,7H2,1H3. The molecular weight excluding hydrogens is 236 g/mol. The highest BCUT2D eigenvalue weighted by atomic mass is 16.6. The zero-order chi connectivity index (χ0) is 13.0. The van der Waals surface area contributed by atoms with Gasteiger partial charge in [-0.1, -0.05) is 35.5 Å². The number of carbonyl (C=O) groups is 2. The fraction of sp³-hybridized carbons (Fsp3) is 0.167. The summed E-state index contributed by atoms with van der Waals surface area (Å²) in [6, 6.07) is 8.58. The molecule has 92 valence electrons. The second-order valence-corrected chi connectivity index (χ2v) is 3.56. The number of rotatable bonds is 4. The van der Waals surface area contributed by atoms with Crippen molar-refractivity contribution in [2.24, 2.45) is 0 Å². The van der Waals surface area contributed by atoms with Gasteiger partial charge in [0.15, 0.2) is 12.4 Å². The van der Waals surface area contributed by atoms with Gasteiger partial charge in [-0.2, -0.15) is 0 Å². The summed E-state index contributed by atoms with van der Waals surface area (Å²) in [6.45, 7) is 1.22. The minimum atomic E-state index is -0.724. The van der Waals surface area contributed by atoms with E-state index in [0.717, 1.165) is 0 Å². The molecule has 0 N–H and O–H groups in total. The Balaban J connectivity index is 1.95. The SMILES string of the molecule is Cc1nonc1C(=O)OCC(=O)c1ccccc1. The quantitative estimate of drug-likeness (QED) is 0.599. The van der Waals surface area contributed by atoms with Gasteiger partial charge in [-0.05, 0) is 12.1 Å². The Kier molecular flexibility index (Phi) is 3.47. The van der Waals surface area contributed by atoms with E-state index in [0.29, 0.717) is 11.3 Å². The van der Waals surface area contributed by atoms with Crippen molar-refractivity contribution in [3.05, 3.63) is 47.3 Å². The van der Waals surface area contributed by atoms with Crippen LogP contribution in [0.5, 0.6) is 0 Å².